The lowest BCUT2D eigenvalue weighted by atomic mass is 9.92. The second kappa shape index (κ2) is 13.4. The molecule has 50 heavy (non-hydrogen) atoms. The molecule has 0 atom stereocenters. The van der Waals surface area contributed by atoms with Gasteiger partial charge >= 0.3 is 11.9 Å². The summed E-state index contributed by atoms with van der Waals surface area (Å²) in [5.74, 6) is -0.250. The van der Waals surface area contributed by atoms with Crippen LogP contribution < -0.4 is 9.47 Å². The Morgan fingerprint density at radius 3 is 1.06 bits per heavy atom. The summed E-state index contributed by atoms with van der Waals surface area (Å²) in [5.41, 5.74) is 6.31. The molecule has 0 aliphatic rings. The SMILES string of the molecule is O=C(Oc1ccc2ccccc2c1-c1c(OC(=O)c2ccc(-c3ccccc3)cc2)ccc2ccccc12)c1ccc(-c2ccccc2)cc1. The van der Waals surface area contributed by atoms with Crippen LogP contribution in [0.2, 0.25) is 0 Å². The lowest BCUT2D eigenvalue weighted by Crippen LogP contribution is -2.11. The molecule has 0 aromatic heterocycles. The number of benzene rings is 8. The first-order valence-electron chi connectivity index (χ1n) is 16.4. The number of carbonyl (C=O) groups is 2. The molecule has 0 radical (unpaired) electrons. The molecule has 0 aliphatic carbocycles. The van der Waals surface area contributed by atoms with E-state index in [2.05, 4.69) is 0 Å². The largest absolute Gasteiger partial charge is 0.422 e. The quantitative estimate of drug-likeness (QED) is 0.128. The van der Waals surface area contributed by atoms with Crippen molar-refractivity contribution in [2.24, 2.45) is 0 Å². The predicted molar refractivity (Wildman–Crippen MR) is 201 cm³/mol. The molecule has 4 nitrogen and oxygen atoms in total. The Morgan fingerprint density at radius 1 is 0.320 bits per heavy atom. The number of ether oxygens (including phenoxy) is 2. The van der Waals surface area contributed by atoms with Crippen molar-refractivity contribution >= 4 is 33.5 Å². The first-order chi connectivity index (χ1) is 24.6. The van der Waals surface area contributed by atoms with Crippen LogP contribution in [0.3, 0.4) is 0 Å². The fourth-order valence-electron chi connectivity index (χ4n) is 6.37. The summed E-state index contributed by atoms with van der Waals surface area (Å²) in [6, 6.07) is 58.1. The zero-order valence-electron chi connectivity index (χ0n) is 27.0. The van der Waals surface area contributed by atoms with Gasteiger partial charge in [0.1, 0.15) is 11.5 Å². The summed E-state index contributed by atoms with van der Waals surface area (Å²) in [5, 5.41) is 3.63. The van der Waals surface area contributed by atoms with Crippen molar-refractivity contribution in [2.45, 2.75) is 0 Å². The van der Waals surface area contributed by atoms with Gasteiger partial charge in [-0.25, -0.2) is 9.59 Å². The van der Waals surface area contributed by atoms with Crippen LogP contribution in [0, 0.1) is 0 Å². The van der Waals surface area contributed by atoms with Crippen molar-refractivity contribution in [3.63, 3.8) is 0 Å². The molecule has 0 saturated heterocycles. The molecule has 0 saturated carbocycles. The Bertz CT molecular complexity index is 2310. The minimum atomic E-state index is -0.488. The molecule has 8 rings (SSSR count). The van der Waals surface area contributed by atoms with Crippen LogP contribution in [0.15, 0.2) is 182 Å². The molecule has 0 N–H and O–H groups in total. The average molecular weight is 647 g/mol. The molecule has 0 bridgehead atoms. The Kier molecular flexibility index (Phi) is 8.17. The van der Waals surface area contributed by atoms with Crippen LogP contribution in [0.4, 0.5) is 0 Å². The van der Waals surface area contributed by atoms with Gasteiger partial charge in [-0.2, -0.15) is 0 Å². The molecule has 0 amide bonds. The molecule has 0 unspecified atom stereocenters. The lowest BCUT2D eigenvalue weighted by Gasteiger charge is -2.19. The minimum Gasteiger partial charge on any atom is -0.422 e. The second-order valence-electron chi connectivity index (χ2n) is 12.0. The monoisotopic (exact) mass is 646 g/mol. The average Bonchev–Trinajstić information content (AvgIpc) is 3.19. The Hall–Kier alpha value is -6.78. The number of carbonyl (C=O) groups excluding carboxylic acids is 2. The van der Waals surface area contributed by atoms with E-state index in [4.69, 9.17) is 9.47 Å². The van der Waals surface area contributed by atoms with E-state index in [0.717, 1.165) is 43.8 Å². The summed E-state index contributed by atoms with van der Waals surface area (Å²) in [7, 11) is 0. The van der Waals surface area contributed by atoms with Gasteiger partial charge in [-0.05, 0) is 80.2 Å². The highest BCUT2D eigenvalue weighted by Crippen LogP contribution is 2.46. The molecule has 0 fully saturated rings. The summed E-state index contributed by atoms with van der Waals surface area (Å²) in [6.07, 6.45) is 0. The van der Waals surface area contributed by atoms with Crippen LogP contribution in [-0.4, -0.2) is 11.9 Å². The van der Waals surface area contributed by atoms with E-state index < -0.39 is 11.9 Å². The van der Waals surface area contributed by atoms with Gasteiger partial charge in [0.25, 0.3) is 0 Å². The second-order valence-corrected chi connectivity index (χ2v) is 12.0. The van der Waals surface area contributed by atoms with E-state index in [1.54, 1.807) is 24.3 Å². The van der Waals surface area contributed by atoms with Gasteiger partial charge in [0.2, 0.25) is 0 Å². The van der Waals surface area contributed by atoms with Gasteiger partial charge in [-0.3, -0.25) is 0 Å². The highest BCUT2D eigenvalue weighted by molar-refractivity contribution is 6.11. The van der Waals surface area contributed by atoms with Crippen molar-refractivity contribution in [3.05, 3.63) is 193 Å². The summed E-state index contributed by atoms with van der Waals surface area (Å²) in [6.45, 7) is 0. The fraction of sp³-hybridized carbons (Fsp3) is 0. The Balaban J connectivity index is 1.20. The van der Waals surface area contributed by atoms with E-state index in [9.17, 15) is 9.59 Å². The molecule has 8 aromatic rings. The first-order valence-corrected chi connectivity index (χ1v) is 16.4. The molecule has 0 aliphatic heterocycles. The van der Waals surface area contributed by atoms with E-state index in [-0.39, 0.29) is 0 Å². The van der Waals surface area contributed by atoms with E-state index in [1.807, 2.05) is 158 Å². The highest BCUT2D eigenvalue weighted by Gasteiger charge is 2.23. The van der Waals surface area contributed by atoms with Gasteiger partial charge < -0.3 is 9.47 Å². The molecule has 238 valence electrons. The molecule has 8 aromatic carbocycles. The normalized spacial score (nSPS) is 11.0. The molecular weight excluding hydrogens is 617 g/mol. The van der Waals surface area contributed by atoms with Crippen molar-refractivity contribution in [3.8, 4) is 44.9 Å². The zero-order valence-corrected chi connectivity index (χ0v) is 27.0. The predicted octanol–water partition coefficient (Wildman–Crippen LogP) is 11.4. The third-order valence-electron chi connectivity index (χ3n) is 8.89. The zero-order chi connectivity index (χ0) is 33.9. The number of hydrogen-bond acceptors (Lipinski definition) is 4. The maximum Gasteiger partial charge on any atom is 0.343 e. The highest BCUT2D eigenvalue weighted by atomic mass is 16.5. The molecule has 4 heteroatoms. The van der Waals surface area contributed by atoms with Crippen molar-refractivity contribution in [1.82, 2.24) is 0 Å². The van der Waals surface area contributed by atoms with Crippen molar-refractivity contribution in [2.75, 3.05) is 0 Å². The number of esters is 2. The van der Waals surface area contributed by atoms with Crippen LogP contribution in [0.25, 0.3) is 54.9 Å². The number of hydrogen-bond donors (Lipinski definition) is 0. The van der Waals surface area contributed by atoms with Gasteiger partial charge in [-0.15, -0.1) is 0 Å². The molecule has 0 heterocycles. The Morgan fingerprint density at radius 2 is 0.660 bits per heavy atom. The van der Waals surface area contributed by atoms with Crippen LogP contribution in [0.5, 0.6) is 11.5 Å². The van der Waals surface area contributed by atoms with Crippen LogP contribution in [-0.2, 0) is 0 Å². The standard InChI is InChI=1S/C46H30O4/c47-45(37-23-19-33(20-24-37)31-11-3-1-4-12-31)49-41-29-27-35-15-7-9-17-39(35)43(41)44-40-18-10-8-16-36(40)28-30-42(44)50-46(48)38-25-21-34(22-26-38)32-13-5-2-6-14-32/h1-30H. The topological polar surface area (TPSA) is 52.6 Å². The molecular formula is C46H30O4. The smallest absolute Gasteiger partial charge is 0.343 e. The van der Waals surface area contributed by atoms with Crippen molar-refractivity contribution in [1.29, 1.82) is 0 Å². The van der Waals surface area contributed by atoms with Gasteiger partial charge in [-0.1, -0.05) is 146 Å². The minimum absolute atomic E-state index is 0.363. The van der Waals surface area contributed by atoms with Gasteiger partial charge in [0.15, 0.2) is 0 Å². The number of rotatable bonds is 7. The number of fused-ring (bicyclic) bond motifs is 2. The lowest BCUT2D eigenvalue weighted by molar-refractivity contribution is 0.0723. The van der Waals surface area contributed by atoms with E-state index in [1.165, 1.54) is 0 Å². The first kappa shape index (κ1) is 30.5. The van der Waals surface area contributed by atoms with Crippen LogP contribution >= 0.6 is 0 Å². The van der Waals surface area contributed by atoms with Gasteiger partial charge in [0.05, 0.1) is 11.1 Å². The third kappa shape index (κ3) is 6.02. The summed E-state index contributed by atoms with van der Waals surface area (Å²) >= 11 is 0. The van der Waals surface area contributed by atoms with Gasteiger partial charge in [0, 0.05) is 11.1 Å². The third-order valence-corrected chi connectivity index (χ3v) is 8.89. The van der Waals surface area contributed by atoms with Crippen LogP contribution in [0.1, 0.15) is 20.7 Å². The maximum atomic E-state index is 13.7. The van der Waals surface area contributed by atoms with E-state index >= 15 is 0 Å². The van der Waals surface area contributed by atoms with Crippen molar-refractivity contribution < 1.29 is 19.1 Å². The Labute approximate surface area is 289 Å². The summed E-state index contributed by atoms with van der Waals surface area (Å²) < 4.78 is 12.4. The fourth-order valence-corrected chi connectivity index (χ4v) is 6.37. The maximum absolute atomic E-state index is 13.7. The van der Waals surface area contributed by atoms with E-state index in [0.29, 0.717) is 33.8 Å². The summed E-state index contributed by atoms with van der Waals surface area (Å²) in [4.78, 5) is 27.4. The molecule has 0 spiro atoms.